The number of likely N-dealkylation sites (N-methyl/N-ethyl adjacent to an activating group) is 1. The molecule has 1 saturated heterocycles. The fourth-order valence-corrected chi connectivity index (χ4v) is 1.96. The molecule has 1 aliphatic heterocycles. The first-order chi connectivity index (χ1) is 6.63. The Morgan fingerprint density at radius 1 is 1.50 bits per heavy atom. The highest BCUT2D eigenvalue weighted by Crippen LogP contribution is 2.13. The Balaban J connectivity index is 2.16. The maximum Gasteiger partial charge on any atom is 0.0229 e. The maximum absolute atomic E-state index is 3.29. The van der Waals surface area contributed by atoms with E-state index in [0.29, 0.717) is 6.04 Å². The predicted octanol–water partition coefficient (Wildman–Crippen LogP) is 0.620. The van der Waals surface area contributed by atoms with Crippen molar-refractivity contribution in [1.29, 1.82) is 0 Å². The maximum atomic E-state index is 3.29. The van der Waals surface area contributed by atoms with Crippen molar-refractivity contribution < 1.29 is 0 Å². The third-order valence-electron chi connectivity index (χ3n) is 3.35. The zero-order chi connectivity index (χ0) is 10.6. The van der Waals surface area contributed by atoms with E-state index in [9.17, 15) is 0 Å². The molecule has 0 radical (unpaired) electrons. The van der Waals surface area contributed by atoms with E-state index in [0.717, 1.165) is 6.04 Å². The smallest absolute Gasteiger partial charge is 0.0229 e. The molecule has 1 rings (SSSR count). The average Bonchev–Trinajstić information content (AvgIpc) is 2.62. The van der Waals surface area contributed by atoms with Gasteiger partial charge in [0.2, 0.25) is 0 Å². The van der Waals surface area contributed by atoms with Gasteiger partial charge in [0.25, 0.3) is 0 Å². The molecule has 3 heteroatoms. The molecule has 1 heterocycles. The van der Waals surface area contributed by atoms with Gasteiger partial charge in [-0.25, -0.2) is 0 Å². The van der Waals surface area contributed by atoms with Gasteiger partial charge in [0, 0.05) is 18.6 Å². The van der Waals surface area contributed by atoms with Crippen LogP contribution in [0.4, 0.5) is 0 Å². The molecule has 0 aromatic heterocycles. The Bertz CT molecular complexity index is 159. The average molecular weight is 199 g/mol. The van der Waals surface area contributed by atoms with Gasteiger partial charge in [0.05, 0.1) is 0 Å². The number of nitrogens with zero attached hydrogens (tertiary/aromatic N) is 2. The zero-order valence-electron chi connectivity index (χ0n) is 10.1. The lowest BCUT2D eigenvalue weighted by atomic mass is 10.2. The Morgan fingerprint density at radius 3 is 2.71 bits per heavy atom. The second-order valence-corrected chi connectivity index (χ2v) is 4.69. The van der Waals surface area contributed by atoms with Crippen LogP contribution in [0, 0.1) is 0 Å². The molecule has 0 saturated carbocycles. The Labute approximate surface area is 88.5 Å². The molecule has 0 amide bonds. The van der Waals surface area contributed by atoms with Crippen LogP contribution in [0.2, 0.25) is 0 Å². The standard InChI is InChI=1S/C11H25N3/c1-10(12-2)5-7-14-8-6-11(9-14)13(3)4/h10-12H,5-9H2,1-4H3. The summed E-state index contributed by atoms with van der Waals surface area (Å²) in [5.41, 5.74) is 0. The van der Waals surface area contributed by atoms with Gasteiger partial charge in [-0.2, -0.15) is 0 Å². The van der Waals surface area contributed by atoms with Crippen LogP contribution in [0.25, 0.3) is 0 Å². The molecule has 2 atom stereocenters. The molecule has 1 fully saturated rings. The van der Waals surface area contributed by atoms with Gasteiger partial charge in [-0.3, -0.25) is 0 Å². The first-order valence-electron chi connectivity index (χ1n) is 5.69. The summed E-state index contributed by atoms with van der Waals surface area (Å²) >= 11 is 0. The summed E-state index contributed by atoms with van der Waals surface area (Å²) in [5, 5.41) is 3.29. The Hall–Kier alpha value is -0.120. The topological polar surface area (TPSA) is 18.5 Å². The van der Waals surface area contributed by atoms with E-state index in [4.69, 9.17) is 0 Å². The molecule has 1 N–H and O–H groups in total. The molecular weight excluding hydrogens is 174 g/mol. The molecule has 0 spiro atoms. The van der Waals surface area contributed by atoms with Crippen molar-refractivity contribution in [2.24, 2.45) is 0 Å². The number of nitrogens with one attached hydrogen (secondary N) is 1. The van der Waals surface area contributed by atoms with Gasteiger partial charge >= 0.3 is 0 Å². The summed E-state index contributed by atoms with van der Waals surface area (Å²) in [6, 6.07) is 1.42. The van der Waals surface area contributed by atoms with Crippen LogP contribution < -0.4 is 5.32 Å². The Morgan fingerprint density at radius 2 is 2.21 bits per heavy atom. The molecule has 0 aromatic rings. The lowest BCUT2D eigenvalue weighted by Crippen LogP contribution is -2.33. The van der Waals surface area contributed by atoms with Crippen molar-refractivity contribution in [2.75, 3.05) is 40.8 Å². The molecule has 1 aliphatic rings. The molecule has 3 nitrogen and oxygen atoms in total. The third-order valence-corrected chi connectivity index (χ3v) is 3.35. The van der Waals surface area contributed by atoms with Crippen molar-refractivity contribution in [3.8, 4) is 0 Å². The number of hydrogen-bond acceptors (Lipinski definition) is 3. The van der Waals surface area contributed by atoms with Crippen LogP contribution in [0.1, 0.15) is 19.8 Å². The summed E-state index contributed by atoms with van der Waals surface area (Å²) in [7, 11) is 6.41. The molecule has 0 aromatic carbocycles. The van der Waals surface area contributed by atoms with E-state index in [1.807, 2.05) is 7.05 Å². The van der Waals surface area contributed by atoms with Crippen LogP contribution in [0.3, 0.4) is 0 Å². The number of hydrogen-bond donors (Lipinski definition) is 1. The third kappa shape index (κ3) is 3.56. The summed E-state index contributed by atoms with van der Waals surface area (Å²) in [6.45, 7) is 6.02. The van der Waals surface area contributed by atoms with Crippen molar-refractivity contribution in [3.63, 3.8) is 0 Å². The van der Waals surface area contributed by atoms with Crippen molar-refractivity contribution in [2.45, 2.75) is 31.8 Å². The molecule has 0 bridgehead atoms. The van der Waals surface area contributed by atoms with Gasteiger partial charge in [0.1, 0.15) is 0 Å². The molecular formula is C11H25N3. The van der Waals surface area contributed by atoms with Gasteiger partial charge in [-0.05, 0) is 54.0 Å². The van der Waals surface area contributed by atoms with E-state index >= 15 is 0 Å². The lowest BCUT2D eigenvalue weighted by molar-refractivity contribution is 0.262. The lowest BCUT2D eigenvalue weighted by Gasteiger charge is -2.21. The van der Waals surface area contributed by atoms with Gasteiger partial charge in [-0.1, -0.05) is 0 Å². The minimum atomic E-state index is 0.647. The second-order valence-electron chi connectivity index (χ2n) is 4.69. The van der Waals surface area contributed by atoms with Crippen LogP contribution in [0.15, 0.2) is 0 Å². The van der Waals surface area contributed by atoms with E-state index in [1.165, 1.54) is 32.5 Å². The van der Waals surface area contributed by atoms with Crippen molar-refractivity contribution in [3.05, 3.63) is 0 Å². The first kappa shape index (κ1) is 12.0. The highest BCUT2D eigenvalue weighted by Gasteiger charge is 2.23. The predicted molar refractivity (Wildman–Crippen MR) is 61.7 cm³/mol. The SMILES string of the molecule is CNC(C)CCN1CCC(N(C)C)C1. The van der Waals surface area contributed by atoms with Crippen molar-refractivity contribution in [1.82, 2.24) is 15.1 Å². The Kier molecular flexibility index (Phi) is 4.85. The highest BCUT2D eigenvalue weighted by atomic mass is 15.2. The summed E-state index contributed by atoms with van der Waals surface area (Å²) in [6.07, 6.45) is 2.59. The van der Waals surface area contributed by atoms with Crippen LogP contribution >= 0.6 is 0 Å². The minimum Gasteiger partial charge on any atom is -0.317 e. The zero-order valence-corrected chi connectivity index (χ0v) is 10.1. The van der Waals surface area contributed by atoms with E-state index in [2.05, 4.69) is 36.1 Å². The van der Waals surface area contributed by atoms with Crippen LogP contribution in [0.5, 0.6) is 0 Å². The normalized spacial score (nSPS) is 25.9. The minimum absolute atomic E-state index is 0.647. The van der Waals surface area contributed by atoms with Gasteiger partial charge < -0.3 is 15.1 Å². The number of likely N-dealkylation sites (tertiary alicyclic amines) is 1. The first-order valence-corrected chi connectivity index (χ1v) is 5.69. The van der Waals surface area contributed by atoms with E-state index in [1.54, 1.807) is 0 Å². The largest absolute Gasteiger partial charge is 0.317 e. The molecule has 0 aliphatic carbocycles. The van der Waals surface area contributed by atoms with E-state index < -0.39 is 0 Å². The summed E-state index contributed by atoms with van der Waals surface area (Å²) in [5.74, 6) is 0. The number of rotatable bonds is 5. The molecule has 2 unspecified atom stereocenters. The van der Waals surface area contributed by atoms with Gasteiger partial charge in [0.15, 0.2) is 0 Å². The molecule has 84 valence electrons. The summed E-state index contributed by atoms with van der Waals surface area (Å²) in [4.78, 5) is 4.93. The quantitative estimate of drug-likeness (QED) is 0.700. The fraction of sp³-hybridized carbons (Fsp3) is 1.00. The van der Waals surface area contributed by atoms with Gasteiger partial charge in [-0.15, -0.1) is 0 Å². The van der Waals surface area contributed by atoms with Crippen LogP contribution in [-0.4, -0.2) is 62.7 Å². The molecule has 14 heavy (non-hydrogen) atoms. The van der Waals surface area contributed by atoms with Crippen LogP contribution in [-0.2, 0) is 0 Å². The fourth-order valence-electron chi connectivity index (χ4n) is 1.96. The highest BCUT2D eigenvalue weighted by molar-refractivity contribution is 4.81. The summed E-state index contributed by atoms with van der Waals surface area (Å²) < 4.78 is 0. The van der Waals surface area contributed by atoms with E-state index in [-0.39, 0.29) is 0 Å². The second kappa shape index (κ2) is 5.69. The van der Waals surface area contributed by atoms with Crippen molar-refractivity contribution >= 4 is 0 Å². The monoisotopic (exact) mass is 199 g/mol.